The second-order valence-corrected chi connectivity index (χ2v) is 3.92. The first-order valence-corrected chi connectivity index (χ1v) is 5.24. The van der Waals surface area contributed by atoms with Crippen molar-refractivity contribution < 1.29 is 24.9 Å². The molecule has 18 heavy (non-hydrogen) atoms. The number of phenolic OH excluding ortho intramolecular Hbond substituents is 1. The van der Waals surface area contributed by atoms with Gasteiger partial charge >= 0.3 is 11.9 Å². The number of hydrogen-bond acceptors (Lipinski definition) is 3. The zero-order valence-corrected chi connectivity index (χ0v) is 9.30. The third kappa shape index (κ3) is 2.13. The Morgan fingerprint density at radius 2 is 1.78 bits per heavy atom. The number of hydrogen-bond donors (Lipinski definition) is 4. The van der Waals surface area contributed by atoms with Gasteiger partial charge in [0.15, 0.2) is 0 Å². The molecular weight excluding hydrogens is 238 g/mol. The first kappa shape index (κ1) is 12.0. The van der Waals surface area contributed by atoms with Crippen LogP contribution < -0.4 is 0 Å². The normalized spacial score (nSPS) is 10.7. The molecule has 2 rings (SSSR count). The molecule has 0 aliphatic rings. The monoisotopic (exact) mass is 249 g/mol. The predicted octanol–water partition coefficient (Wildman–Crippen LogP) is 1.13. The lowest BCUT2D eigenvalue weighted by atomic mass is 10.1. The minimum Gasteiger partial charge on any atom is -0.507 e. The van der Waals surface area contributed by atoms with Gasteiger partial charge in [-0.1, -0.05) is 6.07 Å². The molecule has 0 aliphatic heterocycles. The molecule has 0 spiro atoms. The Labute approximate surface area is 101 Å². The molecular formula is C12H11NO5. The summed E-state index contributed by atoms with van der Waals surface area (Å²) in [7, 11) is 0. The SMILES string of the molecule is O=C(O)Cc1[nH]c2cccc(O)c2c1CC(=O)O. The largest absolute Gasteiger partial charge is 0.507 e. The molecule has 1 aromatic heterocycles. The third-order valence-electron chi connectivity index (χ3n) is 2.65. The maximum atomic E-state index is 10.8. The molecule has 0 atom stereocenters. The van der Waals surface area contributed by atoms with Gasteiger partial charge in [0, 0.05) is 16.6 Å². The maximum Gasteiger partial charge on any atom is 0.309 e. The minimum absolute atomic E-state index is 0.0587. The van der Waals surface area contributed by atoms with E-state index in [1.807, 2.05) is 0 Å². The molecule has 4 N–H and O–H groups in total. The summed E-state index contributed by atoms with van der Waals surface area (Å²) in [6.07, 6.45) is -0.642. The summed E-state index contributed by atoms with van der Waals surface area (Å²) >= 11 is 0. The second-order valence-electron chi connectivity index (χ2n) is 3.92. The lowest BCUT2D eigenvalue weighted by Crippen LogP contribution is -2.06. The highest BCUT2D eigenvalue weighted by Gasteiger charge is 2.18. The number of aromatic nitrogens is 1. The van der Waals surface area contributed by atoms with Crippen LogP contribution >= 0.6 is 0 Å². The third-order valence-corrected chi connectivity index (χ3v) is 2.65. The number of aromatic hydroxyl groups is 1. The standard InChI is InChI=1S/C12H11NO5/c14-9-3-1-2-7-12(9)6(4-10(15)16)8(13-7)5-11(17)18/h1-3,13-14H,4-5H2,(H,15,16)(H,17,18). The number of phenols is 1. The van der Waals surface area contributed by atoms with E-state index in [1.54, 1.807) is 12.1 Å². The molecule has 0 saturated heterocycles. The Morgan fingerprint density at radius 1 is 1.11 bits per heavy atom. The van der Waals surface area contributed by atoms with Crippen molar-refractivity contribution in [2.24, 2.45) is 0 Å². The Morgan fingerprint density at radius 3 is 2.39 bits per heavy atom. The number of aliphatic carboxylic acids is 2. The zero-order valence-electron chi connectivity index (χ0n) is 9.30. The summed E-state index contributed by atoms with van der Waals surface area (Å²) < 4.78 is 0. The maximum absolute atomic E-state index is 10.8. The molecule has 0 unspecified atom stereocenters. The van der Waals surface area contributed by atoms with E-state index in [-0.39, 0.29) is 18.6 Å². The van der Waals surface area contributed by atoms with E-state index in [0.29, 0.717) is 22.2 Å². The van der Waals surface area contributed by atoms with E-state index in [2.05, 4.69) is 4.98 Å². The van der Waals surface area contributed by atoms with Crippen LogP contribution in [0.2, 0.25) is 0 Å². The second kappa shape index (κ2) is 4.40. The van der Waals surface area contributed by atoms with Crippen molar-refractivity contribution >= 4 is 22.8 Å². The van der Waals surface area contributed by atoms with Gasteiger partial charge in [0.2, 0.25) is 0 Å². The van der Waals surface area contributed by atoms with Crippen LogP contribution in [0.4, 0.5) is 0 Å². The number of nitrogens with one attached hydrogen (secondary N) is 1. The van der Waals surface area contributed by atoms with Crippen molar-refractivity contribution in [1.82, 2.24) is 4.98 Å². The van der Waals surface area contributed by atoms with Gasteiger partial charge in [-0.25, -0.2) is 0 Å². The summed E-state index contributed by atoms with van der Waals surface area (Å²) in [5, 5.41) is 27.8. The van der Waals surface area contributed by atoms with Crippen LogP contribution in [0, 0.1) is 0 Å². The number of carboxylic acid groups (broad SMARTS) is 2. The van der Waals surface area contributed by atoms with Crippen LogP contribution in [0.5, 0.6) is 5.75 Å². The average molecular weight is 249 g/mol. The molecule has 0 saturated carbocycles. The van der Waals surface area contributed by atoms with Gasteiger partial charge < -0.3 is 20.3 Å². The van der Waals surface area contributed by atoms with Gasteiger partial charge in [-0.15, -0.1) is 0 Å². The quantitative estimate of drug-likeness (QED) is 0.649. The van der Waals surface area contributed by atoms with Gasteiger partial charge in [-0.05, 0) is 17.7 Å². The van der Waals surface area contributed by atoms with E-state index >= 15 is 0 Å². The van der Waals surface area contributed by atoms with Crippen LogP contribution in [0.25, 0.3) is 10.9 Å². The highest BCUT2D eigenvalue weighted by atomic mass is 16.4. The topological polar surface area (TPSA) is 111 Å². The summed E-state index contributed by atoms with van der Waals surface area (Å²) in [6.45, 7) is 0. The van der Waals surface area contributed by atoms with E-state index in [4.69, 9.17) is 10.2 Å². The van der Waals surface area contributed by atoms with Crippen LogP contribution in [0.3, 0.4) is 0 Å². The number of fused-ring (bicyclic) bond motifs is 1. The van der Waals surface area contributed by atoms with Crippen molar-refractivity contribution in [3.8, 4) is 5.75 Å². The summed E-state index contributed by atoms with van der Waals surface area (Å²) in [5.74, 6) is -2.20. The molecule has 0 bridgehead atoms. The van der Waals surface area contributed by atoms with E-state index in [9.17, 15) is 14.7 Å². The molecule has 1 heterocycles. The molecule has 1 aromatic carbocycles. The lowest BCUT2D eigenvalue weighted by Gasteiger charge is -2.00. The Balaban J connectivity index is 2.65. The number of benzene rings is 1. The molecule has 0 amide bonds. The van der Waals surface area contributed by atoms with Gasteiger partial charge in [0.1, 0.15) is 5.75 Å². The van der Waals surface area contributed by atoms with E-state index < -0.39 is 11.9 Å². The molecule has 94 valence electrons. The number of aromatic amines is 1. The highest BCUT2D eigenvalue weighted by molar-refractivity contribution is 5.93. The van der Waals surface area contributed by atoms with Crippen molar-refractivity contribution in [2.45, 2.75) is 12.8 Å². The smallest absolute Gasteiger partial charge is 0.309 e. The Hall–Kier alpha value is -2.50. The van der Waals surface area contributed by atoms with Gasteiger partial charge in [-0.2, -0.15) is 0 Å². The molecule has 0 radical (unpaired) electrons. The minimum atomic E-state index is -1.08. The molecule has 6 nitrogen and oxygen atoms in total. The molecule has 0 fully saturated rings. The average Bonchev–Trinajstić information content (AvgIpc) is 2.56. The number of H-pyrrole nitrogens is 1. The Bertz CT molecular complexity index is 629. The van der Waals surface area contributed by atoms with Gasteiger partial charge in [0.25, 0.3) is 0 Å². The molecule has 2 aromatic rings. The molecule has 6 heteroatoms. The first-order chi connectivity index (χ1) is 8.49. The van der Waals surface area contributed by atoms with Crippen LogP contribution in [0.15, 0.2) is 18.2 Å². The zero-order chi connectivity index (χ0) is 13.3. The summed E-state index contributed by atoms with van der Waals surface area (Å²) in [4.78, 5) is 24.4. The summed E-state index contributed by atoms with van der Waals surface area (Å²) in [5.41, 5.74) is 1.15. The molecule has 0 aliphatic carbocycles. The van der Waals surface area contributed by atoms with Crippen LogP contribution in [0.1, 0.15) is 11.3 Å². The summed E-state index contributed by atoms with van der Waals surface area (Å²) in [6, 6.07) is 4.70. The van der Waals surface area contributed by atoms with Crippen molar-refractivity contribution in [2.75, 3.05) is 0 Å². The van der Waals surface area contributed by atoms with Crippen molar-refractivity contribution in [1.29, 1.82) is 0 Å². The fourth-order valence-corrected chi connectivity index (χ4v) is 2.00. The highest BCUT2D eigenvalue weighted by Crippen LogP contribution is 2.31. The number of carboxylic acids is 2. The van der Waals surface area contributed by atoms with E-state index in [1.165, 1.54) is 6.07 Å². The van der Waals surface area contributed by atoms with Crippen molar-refractivity contribution in [3.05, 3.63) is 29.5 Å². The van der Waals surface area contributed by atoms with Gasteiger partial charge in [-0.3, -0.25) is 9.59 Å². The van der Waals surface area contributed by atoms with E-state index in [0.717, 1.165) is 0 Å². The lowest BCUT2D eigenvalue weighted by molar-refractivity contribution is -0.137. The van der Waals surface area contributed by atoms with Gasteiger partial charge in [0.05, 0.1) is 12.8 Å². The fourth-order valence-electron chi connectivity index (χ4n) is 2.00. The van der Waals surface area contributed by atoms with Crippen LogP contribution in [-0.4, -0.2) is 32.2 Å². The Kier molecular flexibility index (Phi) is 2.93. The number of carbonyl (C=O) groups is 2. The number of rotatable bonds is 4. The first-order valence-electron chi connectivity index (χ1n) is 5.24. The fraction of sp³-hybridized carbons (Fsp3) is 0.167. The predicted molar refractivity (Wildman–Crippen MR) is 62.6 cm³/mol. The van der Waals surface area contributed by atoms with Crippen molar-refractivity contribution in [3.63, 3.8) is 0 Å². The van der Waals surface area contributed by atoms with Crippen LogP contribution in [-0.2, 0) is 22.4 Å².